The Labute approximate surface area is 107 Å². The van der Waals surface area contributed by atoms with Crippen molar-refractivity contribution in [3.05, 3.63) is 36.2 Å². The number of para-hydroxylation sites is 1. The van der Waals surface area contributed by atoms with Crippen molar-refractivity contribution in [1.29, 1.82) is 0 Å². The molecule has 0 amide bonds. The molecule has 0 atom stereocenters. The Bertz CT molecular complexity index is 566. The Kier molecular flexibility index (Phi) is 3.89. The lowest BCUT2D eigenvalue weighted by molar-refractivity contribution is 0.304. The number of aliphatic hydroxyl groups excluding tert-OH is 1. The third-order valence-electron chi connectivity index (χ3n) is 2.71. The van der Waals surface area contributed by atoms with Gasteiger partial charge in [-0.1, -0.05) is 18.2 Å². The molecule has 0 saturated heterocycles. The topological polar surface area (TPSA) is 49.2 Å². The van der Waals surface area contributed by atoms with E-state index in [-0.39, 0.29) is 6.61 Å². The number of allylic oxidation sites excluding steroid dienone is 1. The standard InChI is InChI=1S/C14H17N3O/c1-3-6-13-15-12-8-5-4-7-11(12)14(16-13)17(2)9-10-18/h3-8,18H,9-10H2,1-2H3. The predicted molar refractivity (Wildman–Crippen MR) is 74.6 cm³/mol. The first-order valence-electron chi connectivity index (χ1n) is 5.97. The number of hydrogen-bond acceptors (Lipinski definition) is 4. The highest BCUT2D eigenvalue weighted by molar-refractivity contribution is 5.90. The van der Waals surface area contributed by atoms with Crippen molar-refractivity contribution < 1.29 is 5.11 Å². The molecule has 4 nitrogen and oxygen atoms in total. The van der Waals surface area contributed by atoms with E-state index in [2.05, 4.69) is 9.97 Å². The second-order valence-electron chi connectivity index (χ2n) is 4.07. The average molecular weight is 243 g/mol. The van der Waals surface area contributed by atoms with Crippen LogP contribution in [-0.4, -0.2) is 35.3 Å². The van der Waals surface area contributed by atoms with Crippen LogP contribution in [0.3, 0.4) is 0 Å². The molecule has 1 heterocycles. The number of hydrogen-bond donors (Lipinski definition) is 1. The molecule has 0 aliphatic heterocycles. The minimum atomic E-state index is 0.105. The van der Waals surface area contributed by atoms with Crippen molar-refractivity contribution >= 4 is 22.8 Å². The van der Waals surface area contributed by atoms with Crippen molar-refractivity contribution in [3.63, 3.8) is 0 Å². The van der Waals surface area contributed by atoms with Crippen LogP contribution in [0.4, 0.5) is 5.82 Å². The van der Waals surface area contributed by atoms with Crippen LogP contribution in [0.5, 0.6) is 0 Å². The lowest BCUT2D eigenvalue weighted by Crippen LogP contribution is -2.23. The summed E-state index contributed by atoms with van der Waals surface area (Å²) in [6.07, 6.45) is 3.79. The fraction of sp³-hybridized carbons (Fsp3) is 0.286. The number of likely N-dealkylation sites (N-methyl/N-ethyl adjacent to an activating group) is 1. The van der Waals surface area contributed by atoms with E-state index in [9.17, 15) is 0 Å². The zero-order chi connectivity index (χ0) is 13.0. The fourth-order valence-corrected chi connectivity index (χ4v) is 1.85. The monoisotopic (exact) mass is 243 g/mol. The highest BCUT2D eigenvalue weighted by Crippen LogP contribution is 2.23. The van der Waals surface area contributed by atoms with E-state index < -0.39 is 0 Å². The van der Waals surface area contributed by atoms with Gasteiger partial charge in [-0.15, -0.1) is 0 Å². The van der Waals surface area contributed by atoms with E-state index in [1.54, 1.807) is 0 Å². The Morgan fingerprint density at radius 1 is 1.28 bits per heavy atom. The first-order chi connectivity index (χ1) is 8.76. The third-order valence-corrected chi connectivity index (χ3v) is 2.71. The van der Waals surface area contributed by atoms with Gasteiger partial charge in [-0.25, -0.2) is 9.97 Å². The molecule has 0 spiro atoms. The maximum absolute atomic E-state index is 9.04. The Hall–Kier alpha value is -1.94. The van der Waals surface area contributed by atoms with Crippen molar-refractivity contribution in [1.82, 2.24) is 9.97 Å². The molecular weight excluding hydrogens is 226 g/mol. The lowest BCUT2D eigenvalue weighted by atomic mass is 10.2. The molecular formula is C14H17N3O. The van der Waals surface area contributed by atoms with E-state index >= 15 is 0 Å². The van der Waals surface area contributed by atoms with Crippen LogP contribution in [0.15, 0.2) is 30.3 Å². The number of anilines is 1. The largest absolute Gasteiger partial charge is 0.395 e. The molecule has 0 radical (unpaired) electrons. The van der Waals surface area contributed by atoms with Crippen molar-refractivity contribution in [3.8, 4) is 0 Å². The summed E-state index contributed by atoms with van der Waals surface area (Å²) < 4.78 is 0. The van der Waals surface area contributed by atoms with Gasteiger partial charge in [-0.3, -0.25) is 0 Å². The van der Waals surface area contributed by atoms with Gasteiger partial charge >= 0.3 is 0 Å². The van der Waals surface area contributed by atoms with E-state index in [0.717, 1.165) is 16.7 Å². The second-order valence-corrected chi connectivity index (χ2v) is 4.07. The highest BCUT2D eigenvalue weighted by atomic mass is 16.3. The minimum absolute atomic E-state index is 0.105. The fourth-order valence-electron chi connectivity index (χ4n) is 1.85. The zero-order valence-electron chi connectivity index (χ0n) is 10.7. The summed E-state index contributed by atoms with van der Waals surface area (Å²) in [5.74, 6) is 1.54. The molecule has 1 aromatic carbocycles. The summed E-state index contributed by atoms with van der Waals surface area (Å²) >= 11 is 0. The molecule has 2 aromatic rings. The number of benzene rings is 1. The molecule has 0 aliphatic rings. The number of fused-ring (bicyclic) bond motifs is 1. The van der Waals surface area contributed by atoms with E-state index in [0.29, 0.717) is 12.4 Å². The highest BCUT2D eigenvalue weighted by Gasteiger charge is 2.09. The summed E-state index contributed by atoms with van der Waals surface area (Å²) in [5, 5.41) is 10.0. The normalized spacial score (nSPS) is 11.3. The van der Waals surface area contributed by atoms with Gasteiger partial charge in [0.2, 0.25) is 0 Å². The second kappa shape index (κ2) is 5.60. The molecule has 0 bridgehead atoms. The van der Waals surface area contributed by atoms with Gasteiger partial charge < -0.3 is 10.0 Å². The summed E-state index contributed by atoms with van der Waals surface area (Å²) in [7, 11) is 1.92. The predicted octanol–water partition coefficient (Wildman–Crippen LogP) is 2.09. The van der Waals surface area contributed by atoms with Gasteiger partial charge in [0.15, 0.2) is 5.82 Å². The first kappa shape index (κ1) is 12.5. The van der Waals surface area contributed by atoms with Gasteiger partial charge in [0.25, 0.3) is 0 Å². The number of nitrogens with zero attached hydrogens (tertiary/aromatic N) is 3. The smallest absolute Gasteiger partial charge is 0.154 e. The Morgan fingerprint density at radius 3 is 2.78 bits per heavy atom. The number of aliphatic hydroxyl groups is 1. The van der Waals surface area contributed by atoms with E-state index in [1.807, 2.05) is 55.3 Å². The van der Waals surface area contributed by atoms with Gasteiger partial charge in [0.05, 0.1) is 12.1 Å². The number of rotatable bonds is 4. The van der Waals surface area contributed by atoms with E-state index in [4.69, 9.17) is 5.11 Å². The molecule has 4 heteroatoms. The molecule has 94 valence electrons. The molecule has 0 saturated carbocycles. The number of aromatic nitrogens is 2. The molecule has 18 heavy (non-hydrogen) atoms. The molecule has 0 aliphatic carbocycles. The third kappa shape index (κ3) is 2.49. The summed E-state index contributed by atoms with van der Waals surface area (Å²) in [5.41, 5.74) is 0.917. The van der Waals surface area contributed by atoms with Crippen LogP contribution in [-0.2, 0) is 0 Å². The maximum atomic E-state index is 9.04. The molecule has 0 unspecified atom stereocenters. The summed E-state index contributed by atoms with van der Waals surface area (Å²) in [4.78, 5) is 10.9. The minimum Gasteiger partial charge on any atom is -0.395 e. The van der Waals surface area contributed by atoms with Gasteiger partial charge in [0.1, 0.15) is 5.82 Å². The van der Waals surface area contributed by atoms with Crippen LogP contribution in [0.1, 0.15) is 12.7 Å². The van der Waals surface area contributed by atoms with Crippen molar-refractivity contribution in [2.45, 2.75) is 6.92 Å². The quantitative estimate of drug-likeness (QED) is 0.893. The zero-order valence-corrected chi connectivity index (χ0v) is 10.7. The van der Waals surface area contributed by atoms with Gasteiger partial charge in [-0.2, -0.15) is 0 Å². The van der Waals surface area contributed by atoms with Crippen molar-refractivity contribution in [2.75, 3.05) is 25.1 Å². The SMILES string of the molecule is CC=Cc1nc(N(C)CCO)c2ccccc2n1. The molecule has 0 fully saturated rings. The van der Waals surface area contributed by atoms with Crippen LogP contribution >= 0.6 is 0 Å². The van der Waals surface area contributed by atoms with Crippen LogP contribution in [0.2, 0.25) is 0 Å². The van der Waals surface area contributed by atoms with Crippen LogP contribution in [0.25, 0.3) is 17.0 Å². The van der Waals surface area contributed by atoms with Gasteiger partial charge in [-0.05, 0) is 25.1 Å². The Balaban J connectivity index is 2.60. The summed E-state index contributed by atoms with van der Waals surface area (Å²) in [6.45, 7) is 2.60. The maximum Gasteiger partial charge on any atom is 0.154 e. The van der Waals surface area contributed by atoms with Gasteiger partial charge in [0, 0.05) is 19.0 Å². The van der Waals surface area contributed by atoms with Crippen LogP contribution < -0.4 is 4.90 Å². The Morgan fingerprint density at radius 2 is 2.06 bits per heavy atom. The lowest BCUT2D eigenvalue weighted by Gasteiger charge is -2.18. The summed E-state index contributed by atoms with van der Waals surface area (Å²) in [6, 6.07) is 7.90. The average Bonchev–Trinajstić information content (AvgIpc) is 2.38. The molecule has 1 N–H and O–H groups in total. The first-order valence-corrected chi connectivity index (χ1v) is 5.97. The molecule has 2 rings (SSSR count). The molecule has 1 aromatic heterocycles. The van der Waals surface area contributed by atoms with Crippen molar-refractivity contribution in [2.24, 2.45) is 0 Å². The van der Waals surface area contributed by atoms with Crippen LogP contribution in [0, 0.1) is 0 Å². The van der Waals surface area contributed by atoms with E-state index in [1.165, 1.54) is 0 Å².